The van der Waals surface area contributed by atoms with E-state index in [2.05, 4.69) is 54.5 Å². The first-order valence-electron chi connectivity index (χ1n) is 7.29. The molecule has 4 heteroatoms. The van der Waals surface area contributed by atoms with Crippen LogP contribution in [0.2, 0.25) is 0 Å². The first-order chi connectivity index (χ1) is 9.52. The second-order valence-corrected chi connectivity index (χ2v) is 5.67. The van der Waals surface area contributed by atoms with Crippen molar-refractivity contribution in [3.63, 3.8) is 0 Å². The van der Waals surface area contributed by atoms with E-state index in [-0.39, 0.29) is 18.0 Å². The predicted octanol–water partition coefficient (Wildman–Crippen LogP) is 1.38. The molecule has 2 atom stereocenters. The van der Waals surface area contributed by atoms with Crippen molar-refractivity contribution in [2.24, 2.45) is 0 Å². The maximum absolute atomic E-state index is 12.1. The molecule has 1 saturated heterocycles. The number of carbonyl (C=O) groups excluding carboxylic acids is 1. The Morgan fingerprint density at radius 3 is 2.60 bits per heavy atom. The Hall–Kier alpha value is -1.39. The summed E-state index contributed by atoms with van der Waals surface area (Å²) in [6.07, 6.45) is 0. The first-order valence-corrected chi connectivity index (χ1v) is 7.29. The highest BCUT2D eigenvalue weighted by molar-refractivity contribution is 5.81. The Bertz CT molecular complexity index is 466. The lowest BCUT2D eigenvalue weighted by Crippen LogP contribution is -2.57. The van der Waals surface area contributed by atoms with Gasteiger partial charge >= 0.3 is 0 Å². The fourth-order valence-corrected chi connectivity index (χ4v) is 3.04. The third-order valence-electron chi connectivity index (χ3n) is 4.06. The zero-order chi connectivity index (χ0) is 14.7. The van der Waals surface area contributed by atoms with Crippen LogP contribution >= 0.6 is 0 Å². The van der Waals surface area contributed by atoms with Crippen LogP contribution in [0.5, 0.6) is 0 Å². The Balaban J connectivity index is 2.24. The van der Waals surface area contributed by atoms with Crippen LogP contribution in [0.4, 0.5) is 0 Å². The van der Waals surface area contributed by atoms with Crippen LogP contribution in [0.25, 0.3) is 0 Å². The van der Waals surface area contributed by atoms with Crippen molar-refractivity contribution in [1.29, 1.82) is 0 Å². The van der Waals surface area contributed by atoms with Crippen molar-refractivity contribution in [1.82, 2.24) is 15.5 Å². The van der Waals surface area contributed by atoms with Gasteiger partial charge in [-0.2, -0.15) is 0 Å². The van der Waals surface area contributed by atoms with Crippen molar-refractivity contribution < 1.29 is 4.79 Å². The zero-order valence-corrected chi connectivity index (χ0v) is 12.9. The highest BCUT2D eigenvalue weighted by atomic mass is 16.2. The fraction of sp³-hybridized carbons (Fsp3) is 0.562. The molecule has 20 heavy (non-hydrogen) atoms. The average molecular weight is 275 g/mol. The molecule has 1 aromatic rings. The van der Waals surface area contributed by atoms with E-state index in [0.29, 0.717) is 0 Å². The minimum absolute atomic E-state index is 0.0911. The Morgan fingerprint density at radius 1 is 1.35 bits per heavy atom. The number of benzene rings is 1. The lowest BCUT2D eigenvalue weighted by molar-refractivity contribution is -0.127. The third kappa shape index (κ3) is 3.19. The SMILES string of the molecule is CNC(=O)C1CNCCN1C(C)c1cc(C)cc(C)c1. The second-order valence-electron chi connectivity index (χ2n) is 5.67. The number of hydrogen-bond donors (Lipinski definition) is 2. The van der Waals surface area contributed by atoms with E-state index in [1.165, 1.54) is 16.7 Å². The molecule has 110 valence electrons. The van der Waals surface area contributed by atoms with Crippen molar-refractivity contribution in [2.45, 2.75) is 32.9 Å². The summed E-state index contributed by atoms with van der Waals surface area (Å²) in [5.74, 6) is 0.0911. The van der Waals surface area contributed by atoms with Crippen LogP contribution in [0, 0.1) is 13.8 Å². The number of nitrogens with one attached hydrogen (secondary N) is 2. The molecule has 2 N–H and O–H groups in total. The zero-order valence-electron chi connectivity index (χ0n) is 12.9. The van der Waals surface area contributed by atoms with Crippen LogP contribution in [-0.4, -0.2) is 43.5 Å². The van der Waals surface area contributed by atoms with Crippen LogP contribution in [0.1, 0.15) is 29.7 Å². The van der Waals surface area contributed by atoms with Gasteiger partial charge in [0.25, 0.3) is 0 Å². The van der Waals surface area contributed by atoms with Crippen molar-refractivity contribution in [3.8, 4) is 0 Å². The molecule has 1 aromatic carbocycles. The average Bonchev–Trinajstić information content (AvgIpc) is 2.44. The van der Waals surface area contributed by atoms with Gasteiger partial charge in [0, 0.05) is 32.7 Å². The minimum atomic E-state index is -0.0930. The van der Waals surface area contributed by atoms with E-state index in [0.717, 1.165) is 19.6 Å². The Kier molecular flexibility index (Phi) is 4.78. The van der Waals surface area contributed by atoms with Gasteiger partial charge in [-0.15, -0.1) is 0 Å². The first kappa shape index (κ1) is 15.0. The number of hydrogen-bond acceptors (Lipinski definition) is 3. The summed E-state index contributed by atoms with van der Waals surface area (Å²) >= 11 is 0. The lowest BCUT2D eigenvalue weighted by atomic mass is 9.99. The highest BCUT2D eigenvalue weighted by Gasteiger charge is 2.31. The number of likely N-dealkylation sites (N-methyl/N-ethyl adjacent to an activating group) is 1. The van der Waals surface area contributed by atoms with Crippen LogP contribution in [0.15, 0.2) is 18.2 Å². The summed E-state index contributed by atoms with van der Waals surface area (Å²) in [4.78, 5) is 14.3. The highest BCUT2D eigenvalue weighted by Crippen LogP contribution is 2.25. The van der Waals surface area contributed by atoms with E-state index in [4.69, 9.17) is 0 Å². The van der Waals surface area contributed by atoms with Gasteiger partial charge in [0.2, 0.25) is 5.91 Å². The van der Waals surface area contributed by atoms with Gasteiger partial charge in [0.05, 0.1) is 0 Å². The third-order valence-corrected chi connectivity index (χ3v) is 4.06. The van der Waals surface area contributed by atoms with E-state index < -0.39 is 0 Å². The van der Waals surface area contributed by atoms with Crippen molar-refractivity contribution in [2.75, 3.05) is 26.7 Å². The molecule has 4 nitrogen and oxygen atoms in total. The van der Waals surface area contributed by atoms with Gasteiger partial charge in [-0.25, -0.2) is 0 Å². The molecule has 2 rings (SSSR count). The van der Waals surface area contributed by atoms with Crippen LogP contribution < -0.4 is 10.6 Å². The molecule has 1 fully saturated rings. The minimum Gasteiger partial charge on any atom is -0.358 e. The molecule has 1 heterocycles. The monoisotopic (exact) mass is 275 g/mol. The summed E-state index contributed by atoms with van der Waals surface area (Å²) in [7, 11) is 1.70. The summed E-state index contributed by atoms with van der Waals surface area (Å²) in [6, 6.07) is 6.79. The summed E-state index contributed by atoms with van der Waals surface area (Å²) in [5, 5.41) is 6.08. The van der Waals surface area contributed by atoms with E-state index in [9.17, 15) is 4.79 Å². The lowest BCUT2D eigenvalue weighted by Gasteiger charge is -2.39. The van der Waals surface area contributed by atoms with E-state index >= 15 is 0 Å². The van der Waals surface area contributed by atoms with Gasteiger partial charge in [0.15, 0.2) is 0 Å². The largest absolute Gasteiger partial charge is 0.358 e. The van der Waals surface area contributed by atoms with Crippen molar-refractivity contribution in [3.05, 3.63) is 34.9 Å². The molecule has 1 amide bonds. The number of rotatable bonds is 3. The Labute approximate surface area is 121 Å². The maximum Gasteiger partial charge on any atom is 0.238 e. The molecule has 0 saturated carbocycles. The molecule has 1 aliphatic rings. The predicted molar refractivity (Wildman–Crippen MR) is 81.8 cm³/mol. The fourth-order valence-electron chi connectivity index (χ4n) is 3.04. The molecule has 0 bridgehead atoms. The molecule has 2 unspecified atom stereocenters. The quantitative estimate of drug-likeness (QED) is 0.876. The molecule has 1 aliphatic heterocycles. The standard InChI is InChI=1S/C16H25N3O/c1-11-7-12(2)9-14(8-11)13(3)19-6-5-18-10-15(19)16(20)17-4/h7-9,13,15,18H,5-6,10H2,1-4H3,(H,17,20). The molecule has 0 spiro atoms. The van der Waals surface area contributed by atoms with Gasteiger partial charge < -0.3 is 10.6 Å². The summed E-state index contributed by atoms with van der Waals surface area (Å²) in [6.45, 7) is 8.98. The van der Waals surface area contributed by atoms with E-state index in [1.807, 2.05) is 0 Å². The van der Waals surface area contributed by atoms with Gasteiger partial charge in [-0.1, -0.05) is 29.3 Å². The van der Waals surface area contributed by atoms with Gasteiger partial charge in [-0.3, -0.25) is 9.69 Å². The van der Waals surface area contributed by atoms with Gasteiger partial charge in [-0.05, 0) is 26.3 Å². The molecular formula is C16H25N3O. The molecule has 0 aliphatic carbocycles. The number of aryl methyl sites for hydroxylation is 2. The molecule has 0 aromatic heterocycles. The number of amides is 1. The number of nitrogens with zero attached hydrogens (tertiary/aromatic N) is 1. The normalized spacial score (nSPS) is 21.5. The summed E-state index contributed by atoms with van der Waals surface area (Å²) < 4.78 is 0. The maximum atomic E-state index is 12.1. The van der Waals surface area contributed by atoms with Gasteiger partial charge in [0.1, 0.15) is 6.04 Å². The number of carbonyl (C=O) groups is 1. The Morgan fingerprint density at radius 2 is 2.00 bits per heavy atom. The molecule has 0 radical (unpaired) electrons. The number of piperazine rings is 1. The second kappa shape index (κ2) is 6.37. The summed E-state index contributed by atoms with van der Waals surface area (Å²) in [5.41, 5.74) is 3.84. The molecular weight excluding hydrogens is 250 g/mol. The van der Waals surface area contributed by atoms with Crippen molar-refractivity contribution >= 4 is 5.91 Å². The van der Waals surface area contributed by atoms with Crippen LogP contribution in [0.3, 0.4) is 0 Å². The smallest absolute Gasteiger partial charge is 0.238 e. The topological polar surface area (TPSA) is 44.4 Å². The van der Waals surface area contributed by atoms with Crippen LogP contribution in [-0.2, 0) is 4.79 Å². The van der Waals surface area contributed by atoms with E-state index in [1.54, 1.807) is 7.05 Å².